The van der Waals surface area contributed by atoms with Crippen molar-refractivity contribution >= 4 is 41.2 Å². The van der Waals surface area contributed by atoms with Crippen LogP contribution < -0.4 is 10.1 Å². The molecule has 0 aliphatic rings. The van der Waals surface area contributed by atoms with Crippen LogP contribution in [0.25, 0.3) is 6.08 Å². The summed E-state index contributed by atoms with van der Waals surface area (Å²) >= 11 is 11.8. The highest BCUT2D eigenvalue weighted by Crippen LogP contribution is 2.32. The van der Waals surface area contributed by atoms with Gasteiger partial charge in [0.1, 0.15) is 11.4 Å². The van der Waals surface area contributed by atoms with Gasteiger partial charge in [0.25, 0.3) is 5.91 Å². The van der Waals surface area contributed by atoms with E-state index in [0.717, 1.165) is 0 Å². The first-order chi connectivity index (χ1) is 14.3. The molecule has 0 fully saturated rings. The van der Waals surface area contributed by atoms with Crippen LogP contribution in [-0.2, 0) is 4.79 Å². The van der Waals surface area contributed by atoms with Crippen LogP contribution in [0.1, 0.15) is 15.9 Å². The van der Waals surface area contributed by atoms with E-state index in [1.54, 1.807) is 24.3 Å². The second-order valence-corrected chi connectivity index (χ2v) is 6.89. The molecule has 1 amide bonds. The molecule has 0 unspecified atom stereocenters. The van der Waals surface area contributed by atoms with E-state index in [4.69, 9.17) is 27.9 Å². The lowest BCUT2D eigenvalue weighted by Gasteiger charge is -2.09. The van der Waals surface area contributed by atoms with Crippen LogP contribution in [0.3, 0.4) is 0 Å². The van der Waals surface area contributed by atoms with Crippen molar-refractivity contribution < 1.29 is 23.8 Å². The minimum Gasteiger partial charge on any atom is -0.477 e. The van der Waals surface area contributed by atoms with Crippen molar-refractivity contribution in [3.8, 4) is 11.5 Å². The van der Waals surface area contributed by atoms with Crippen molar-refractivity contribution in [2.24, 2.45) is 0 Å². The minimum absolute atomic E-state index is 0.109. The SMILES string of the molecule is O=C(O)/C(=C/c1ccc(Oc2c(F)cccc2Cl)cc1)NC(=O)c1cccc(Cl)c1. The molecule has 152 valence electrons. The summed E-state index contributed by atoms with van der Waals surface area (Å²) in [5, 5.41) is 12.2. The summed E-state index contributed by atoms with van der Waals surface area (Å²) in [6, 6.07) is 16.5. The van der Waals surface area contributed by atoms with Crippen molar-refractivity contribution in [3.05, 3.63) is 99.4 Å². The fraction of sp³-hybridized carbons (Fsp3) is 0. The monoisotopic (exact) mass is 445 g/mol. The number of carboxylic acid groups (broad SMARTS) is 1. The highest BCUT2D eigenvalue weighted by molar-refractivity contribution is 6.32. The van der Waals surface area contributed by atoms with Crippen LogP contribution in [0, 0.1) is 5.82 Å². The van der Waals surface area contributed by atoms with Gasteiger partial charge in [-0.15, -0.1) is 0 Å². The highest BCUT2D eigenvalue weighted by Gasteiger charge is 2.14. The lowest BCUT2D eigenvalue weighted by atomic mass is 10.1. The molecule has 0 aromatic heterocycles. The molecule has 8 heteroatoms. The lowest BCUT2D eigenvalue weighted by molar-refractivity contribution is -0.132. The molecule has 0 aliphatic carbocycles. The zero-order valence-electron chi connectivity index (χ0n) is 15.2. The fourth-order valence-electron chi connectivity index (χ4n) is 2.47. The van der Waals surface area contributed by atoms with Crippen LogP contribution in [-0.4, -0.2) is 17.0 Å². The summed E-state index contributed by atoms with van der Waals surface area (Å²) < 4.78 is 19.3. The van der Waals surface area contributed by atoms with Crippen molar-refractivity contribution in [1.82, 2.24) is 5.32 Å². The number of hydrogen-bond donors (Lipinski definition) is 2. The summed E-state index contributed by atoms with van der Waals surface area (Å²) in [4.78, 5) is 23.8. The number of rotatable bonds is 6. The number of para-hydroxylation sites is 1. The molecular formula is C22H14Cl2FNO4. The number of carboxylic acids is 1. The summed E-state index contributed by atoms with van der Waals surface area (Å²) in [5.74, 6) is -2.34. The summed E-state index contributed by atoms with van der Waals surface area (Å²) in [5.41, 5.74) is 0.372. The van der Waals surface area contributed by atoms with Crippen LogP contribution in [0.2, 0.25) is 10.0 Å². The molecule has 3 rings (SSSR count). The van der Waals surface area contributed by atoms with Crippen LogP contribution >= 0.6 is 23.2 Å². The Balaban J connectivity index is 1.78. The number of ether oxygens (including phenoxy) is 1. The van der Waals surface area contributed by atoms with E-state index < -0.39 is 17.7 Å². The lowest BCUT2D eigenvalue weighted by Crippen LogP contribution is -2.27. The number of aliphatic carboxylic acids is 1. The smallest absolute Gasteiger partial charge is 0.352 e. The summed E-state index contributed by atoms with van der Waals surface area (Å²) in [6.45, 7) is 0. The van der Waals surface area contributed by atoms with Crippen molar-refractivity contribution in [1.29, 1.82) is 0 Å². The predicted molar refractivity (Wildman–Crippen MR) is 112 cm³/mol. The van der Waals surface area contributed by atoms with Gasteiger partial charge in [0.2, 0.25) is 0 Å². The van der Waals surface area contributed by atoms with Gasteiger partial charge in [-0.3, -0.25) is 4.79 Å². The maximum absolute atomic E-state index is 13.8. The maximum Gasteiger partial charge on any atom is 0.352 e. The molecule has 0 heterocycles. The van der Waals surface area contributed by atoms with Gasteiger partial charge in [0, 0.05) is 10.6 Å². The number of halogens is 3. The van der Waals surface area contributed by atoms with Gasteiger partial charge in [-0.05, 0) is 54.1 Å². The van der Waals surface area contributed by atoms with Crippen molar-refractivity contribution in [2.45, 2.75) is 0 Å². The Morgan fingerprint density at radius 2 is 1.70 bits per heavy atom. The Kier molecular flexibility index (Phi) is 6.72. The largest absolute Gasteiger partial charge is 0.477 e. The van der Waals surface area contributed by atoms with Gasteiger partial charge in [-0.25, -0.2) is 9.18 Å². The molecule has 0 spiro atoms. The number of hydrogen-bond acceptors (Lipinski definition) is 3. The molecule has 0 radical (unpaired) electrons. The van der Waals surface area contributed by atoms with E-state index in [-0.39, 0.29) is 22.0 Å². The van der Waals surface area contributed by atoms with E-state index in [2.05, 4.69) is 5.32 Å². The third-order valence-corrected chi connectivity index (χ3v) is 4.43. The van der Waals surface area contributed by atoms with Gasteiger partial charge >= 0.3 is 5.97 Å². The number of nitrogens with one attached hydrogen (secondary N) is 1. The molecule has 5 nitrogen and oxygen atoms in total. The van der Waals surface area contributed by atoms with Gasteiger partial charge in [-0.2, -0.15) is 0 Å². The summed E-state index contributed by atoms with van der Waals surface area (Å²) in [6.07, 6.45) is 1.28. The van der Waals surface area contributed by atoms with Crippen molar-refractivity contribution in [2.75, 3.05) is 0 Å². The predicted octanol–water partition coefficient (Wildman–Crippen LogP) is 5.78. The van der Waals surface area contributed by atoms with Gasteiger partial charge < -0.3 is 15.2 Å². The van der Waals surface area contributed by atoms with E-state index >= 15 is 0 Å². The summed E-state index contributed by atoms with van der Waals surface area (Å²) in [7, 11) is 0. The molecule has 2 N–H and O–H groups in total. The number of carbonyl (C=O) groups excluding carboxylic acids is 1. The first kappa shape index (κ1) is 21.4. The van der Waals surface area contributed by atoms with Gasteiger partial charge in [0.15, 0.2) is 11.6 Å². The topological polar surface area (TPSA) is 75.6 Å². The Morgan fingerprint density at radius 3 is 2.33 bits per heavy atom. The van der Waals surface area contributed by atoms with E-state index in [1.807, 2.05) is 0 Å². The molecule has 3 aromatic carbocycles. The second kappa shape index (κ2) is 9.43. The molecule has 0 saturated carbocycles. The van der Waals surface area contributed by atoms with E-state index in [9.17, 15) is 19.1 Å². The highest BCUT2D eigenvalue weighted by atomic mass is 35.5. The van der Waals surface area contributed by atoms with Gasteiger partial charge in [-0.1, -0.05) is 47.5 Å². The normalized spacial score (nSPS) is 11.1. The number of amides is 1. The quantitative estimate of drug-likeness (QED) is 0.471. The molecule has 0 saturated heterocycles. The first-order valence-corrected chi connectivity index (χ1v) is 9.33. The molecule has 0 atom stereocenters. The average Bonchev–Trinajstić information content (AvgIpc) is 2.71. The third-order valence-electron chi connectivity index (χ3n) is 3.90. The van der Waals surface area contributed by atoms with E-state index in [0.29, 0.717) is 16.3 Å². The molecule has 0 bridgehead atoms. The standard InChI is InChI=1S/C22H14Cl2FNO4/c23-15-4-1-3-14(12-15)21(27)26-19(22(28)29)11-13-7-9-16(10-8-13)30-20-17(24)5-2-6-18(20)25/h1-12H,(H,26,27)(H,28,29)/b19-11-. The maximum atomic E-state index is 13.8. The zero-order chi connectivity index (χ0) is 21.7. The second-order valence-electron chi connectivity index (χ2n) is 6.05. The Morgan fingerprint density at radius 1 is 1.00 bits per heavy atom. The Hall–Kier alpha value is -3.35. The molecule has 0 aliphatic heterocycles. The van der Waals surface area contributed by atoms with Crippen molar-refractivity contribution in [3.63, 3.8) is 0 Å². The fourth-order valence-corrected chi connectivity index (χ4v) is 2.86. The first-order valence-electron chi connectivity index (χ1n) is 8.57. The van der Waals surface area contributed by atoms with Crippen LogP contribution in [0.4, 0.5) is 4.39 Å². The number of carbonyl (C=O) groups is 2. The van der Waals surface area contributed by atoms with Gasteiger partial charge in [0.05, 0.1) is 5.02 Å². The zero-order valence-corrected chi connectivity index (χ0v) is 16.7. The molecule has 3 aromatic rings. The third kappa shape index (κ3) is 5.37. The minimum atomic E-state index is -1.32. The average molecular weight is 446 g/mol. The van der Waals surface area contributed by atoms with E-state index in [1.165, 1.54) is 48.5 Å². The van der Waals surface area contributed by atoms with Crippen LogP contribution in [0.5, 0.6) is 11.5 Å². The Labute approximate surface area is 181 Å². The molecular weight excluding hydrogens is 432 g/mol. The number of benzene rings is 3. The molecule has 30 heavy (non-hydrogen) atoms. The van der Waals surface area contributed by atoms with Crippen LogP contribution in [0.15, 0.2) is 72.4 Å². The Bertz CT molecular complexity index is 1110.